The second-order valence-electron chi connectivity index (χ2n) is 4.67. The number of nitrogens with two attached hydrogens (primary N) is 1. The summed E-state index contributed by atoms with van der Waals surface area (Å²) in [5, 5.41) is 4.22. The molecule has 4 nitrogen and oxygen atoms in total. The van der Waals surface area contributed by atoms with E-state index in [4.69, 9.17) is 10.5 Å². The number of hydrogen-bond acceptors (Lipinski definition) is 3. The number of aromatic nitrogens is 2. The Morgan fingerprint density at radius 3 is 3.12 bits per heavy atom. The third-order valence-corrected chi connectivity index (χ3v) is 2.95. The molecule has 16 heavy (non-hydrogen) atoms. The van der Waals surface area contributed by atoms with Gasteiger partial charge in [-0.05, 0) is 32.3 Å². The molecule has 1 heterocycles. The monoisotopic (exact) mass is 223 g/mol. The molecule has 0 saturated heterocycles. The van der Waals surface area contributed by atoms with Crippen molar-refractivity contribution in [2.45, 2.75) is 50.8 Å². The highest BCUT2D eigenvalue weighted by Crippen LogP contribution is 2.38. The van der Waals surface area contributed by atoms with Crippen molar-refractivity contribution in [1.29, 1.82) is 0 Å². The van der Waals surface area contributed by atoms with Crippen molar-refractivity contribution >= 4 is 0 Å². The molecule has 1 aliphatic carbocycles. The second kappa shape index (κ2) is 5.46. The molecule has 3 unspecified atom stereocenters. The SMILES string of the molecule is CC(N)CCCCOC1CC1n1cccn1. The molecule has 0 aliphatic heterocycles. The maximum atomic E-state index is 5.77. The van der Waals surface area contributed by atoms with Gasteiger partial charge in [-0.15, -0.1) is 0 Å². The molecule has 1 fully saturated rings. The lowest BCUT2D eigenvalue weighted by molar-refractivity contribution is 0.104. The van der Waals surface area contributed by atoms with Gasteiger partial charge in [0.2, 0.25) is 0 Å². The summed E-state index contributed by atoms with van der Waals surface area (Å²) in [5.74, 6) is 0. The van der Waals surface area contributed by atoms with Crippen molar-refractivity contribution in [3.05, 3.63) is 18.5 Å². The lowest BCUT2D eigenvalue weighted by atomic mass is 10.1. The molecule has 4 heteroatoms. The van der Waals surface area contributed by atoms with Crippen LogP contribution >= 0.6 is 0 Å². The van der Waals surface area contributed by atoms with Crippen LogP contribution in [0.4, 0.5) is 0 Å². The first-order valence-electron chi connectivity index (χ1n) is 6.13. The topological polar surface area (TPSA) is 53.1 Å². The molecule has 1 aliphatic rings. The molecular formula is C12H21N3O. The van der Waals surface area contributed by atoms with Gasteiger partial charge in [-0.3, -0.25) is 4.68 Å². The van der Waals surface area contributed by atoms with Gasteiger partial charge in [0, 0.05) is 31.5 Å². The number of hydrogen-bond donors (Lipinski definition) is 1. The van der Waals surface area contributed by atoms with E-state index in [1.54, 1.807) is 0 Å². The van der Waals surface area contributed by atoms with Gasteiger partial charge in [-0.25, -0.2) is 0 Å². The maximum Gasteiger partial charge on any atom is 0.0821 e. The van der Waals surface area contributed by atoms with E-state index >= 15 is 0 Å². The molecule has 2 N–H and O–H groups in total. The van der Waals surface area contributed by atoms with Gasteiger partial charge in [0.1, 0.15) is 0 Å². The number of nitrogens with zero attached hydrogens (tertiary/aromatic N) is 2. The summed E-state index contributed by atoms with van der Waals surface area (Å²) >= 11 is 0. The highest BCUT2D eigenvalue weighted by molar-refractivity contribution is 4.95. The minimum absolute atomic E-state index is 0.317. The van der Waals surface area contributed by atoms with E-state index in [0.717, 1.165) is 32.3 Å². The standard InChI is InChI=1S/C12H21N3O/c1-10(13)5-2-3-8-16-12-9-11(12)15-7-4-6-14-15/h4,6-7,10-12H,2-3,5,8-9,13H2,1H3. The average Bonchev–Trinajstić information content (AvgIpc) is 2.81. The van der Waals surface area contributed by atoms with Crippen LogP contribution in [0.3, 0.4) is 0 Å². The van der Waals surface area contributed by atoms with Crippen LogP contribution in [0.15, 0.2) is 18.5 Å². The smallest absolute Gasteiger partial charge is 0.0821 e. The predicted octanol–water partition coefficient (Wildman–Crippen LogP) is 1.73. The van der Waals surface area contributed by atoms with E-state index in [1.807, 2.05) is 23.1 Å². The van der Waals surface area contributed by atoms with E-state index in [-0.39, 0.29) is 0 Å². The van der Waals surface area contributed by atoms with E-state index < -0.39 is 0 Å². The fourth-order valence-electron chi connectivity index (χ4n) is 1.90. The highest BCUT2D eigenvalue weighted by atomic mass is 16.5. The predicted molar refractivity (Wildman–Crippen MR) is 63.1 cm³/mol. The largest absolute Gasteiger partial charge is 0.376 e. The molecule has 3 atom stereocenters. The Morgan fingerprint density at radius 1 is 1.56 bits per heavy atom. The molecule has 90 valence electrons. The summed E-state index contributed by atoms with van der Waals surface area (Å²) in [6, 6.07) is 2.75. The Balaban J connectivity index is 1.53. The summed E-state index contributed by atoms with van der Waals surface area (Å²) < 4.78 is 7.76. The zero-order valence-corrected chi connectivity index (χ0v) is 9.88. The van der Waals surface area contributed by atoms with Crippen molar-refractivity contribution in [3.63, 3.8) is 0 Å². The molecular weight excluding hydrogens is 202 g/mol. The van der Waals surface area contributed by atoms with E-state index in [1.165, 1.54) is 0 Å². The minimum atomic E-state index is 0.317. The molecule has 1 saturated carbocycles. The fourth-order valence-corrected chi connectivity index (χ4v) is 1.90. The van der Waals surface area contributed by atoms with Gasteiger partial charge in [-0.1, -0.05) is 0 Å². The third-order valence-electron chi connectivity index (χ3n) is 2.95. The number of rotatable bonds is 7. The fraction of sp³-hybridized carbons (Fsp3) is 0.750. The van der Waals surface area contributed by atoms with Crippen molar-refractivity contribution in [2.75, 3.05) is 6.61 Å². The summed E-state index contributed by atoms with van der Waals surface area (Å²) in [5.41, 5.74) is 5.68. The zero-order chi connectivity index (χ0) is 11.4. The van der Waals surface area contributed by atoms with Gasteiger partial charge < -0.3 is 10.5 Å². The first-order chi connectivity index (χ1) is 7.77. The van der Waals surface area contributed by atoms with Crippen molar-refractivity contribution in [3.8, 4) is 0 Å². The van der Waals surface area contributed by atoms with Crippen LogP contribution in [0.1, 0.15) is 38.6 Å². The molecule has 0 radical (unpaired) electrons. The first-order valence-corrected chi connectivity index (χ1v) is 6.13. The summed E-state index contributed by atoms with van der Waals surface area (Å²) in [4.78, 5) is 0. The Bertz CT molecular complexity index is 297. The Morgan fingerprint density at radius 2 is 2.44 bits per heavy atom. The highest BCUT2D eigenvalue weighted by Gasteiger charge is 2.40. The van der Waals surface area contributed by atoms with Crippen molar-refractivity contribution < 1.29 is 4.74 Å². The van der Waals surface area contributed by atoms with Crippen LogP contribution < -0.4 is 5.73 Å². The number of unbranched alkanes of at least 4 members (excludes halogenated alkanes) is 1. The van der Waals surface area contributed by atoms with Crippen LogP contribution in [0, 0.1) is 0 Å². The normalized spacial score (nSPS) is 25.6. The first kappa shape index (κ1) is 11.6. The summed E-state index contributed by atoms with van der Waals surface area (Å²) in [6.45, 7) is 2.91. The van der Waals surface area contributed by atoms with Crippen molar-refractivity contribution in [2.24, 2.45) is 5.73 Å². The Kier molecular flexibility index (Phi) is 3.96. The van der Waals surface area contributed by atoms with Crippen LogP contribution in [-0.2, 0) is 4.74 Å². The molecule has 1 aromatic heterocycles. The van der Waals surface area contributed by atoms with Gasteiger partial charge in [0.05, 0.1) is 12.1 Å². The van der Waals surface area contributed by atoms with Crippen molar-refractivity contribution in [1.82, 2.24) is 9.78 Å². The summed E-state index contributed by atoms with van der Waals surface area (Å²) in [6.07, 6.45) is 8.68. The lowest BCUT2D eigenvalue weighted by Crippen LogP contribution is -2.14. The quantitative estimate of drug-likeness (QED) is 0.716. The Hall–Kier alpha value is -0.870. The van der Waals surface area contributed by atoms with Crippen LogP contribution in [0.5, 0.6) is 0 Å². The molecule has 2 rings (SSSR count). The summed E-state index contributed by atoms with van der Waals surface area (Å²) in [7, 11) is 0. The minimum Gasteiger partial charge on any atom is -0.376 e. The Labute approximate surface area is 96.8 Å². The molecule has 0 aromatic carbocycles. The zero-order valence-electron chi connectivity index (χ0n) is 9.88. The molecule has 0 spiro atoms. The van der Waals surface area contributed by atoms with Crippen LogP contribution in [-0.4, -0.2) is 28.5 Å². The third kappa shape index (κ3) is 3.32. The van der Waals surface area contributed by atoms with Crippen LogP contribution in [0.2, 0.25) is 0 Å². The average molecular weight is 223 g/mol. The van der Waals surface area contributed by atoms with Gasteiger partial charge in [0.25, 0.3) is 0 Å². The number of ether oxygens (including phenoxy) is 1. The van der Waals surface area contributed by atoms with Gasteiger partial charge in [-0.2, -0.15) is 5.10 Å². The lowest BCUT2D eigenvalue weighted by Gasteiger charge is -2.05. The molecule has 1 aromatic rings. The molecule has 0 amide bonds. The van der Waals surface area contributed by atoms with Gasteiger partial charge >= 0.3 is 0 Å². The van der Waals surface area contributed by atoms with Crippen LogP contribution in [0.25, 0.3) is 0 Å². The van der Waals surface area contributed by atoms with E-state index in [9.17, 15) is 0 Å². The maximum absolute atomic E-state index is 5.77. The molecule has 0 bridgehead atoms. The van der Waals surface area contributed by atoms with Gasteiger partial charge in [0.15, 0.2) is 0 Å². The van der Waals surface area contributed by atoms with E-state index in [2.05, 4.69) is 12.0 Å². The second-order valence-corrected chi connectivity index (χ2v) is 4.67. The van der Waals surface area contributed by atoms with E-state index in [0.29, 0.717) is 18.2 Å².